The summed E-state index contributed by atoms with van der Waals surface area (Å²) in [7, 11) is 0. The lowest BCUT2D eigenvalue weighted by Crippen LogP contribution is -2.31. The molecule has 1 heterocycles. The summed E-state index contributed by atoms with van der Waals surface area (Å²) in [5.74, 6) is 0.179. The molecule has 1 amide bonds. The van der Waals surface area contributed by atoms with Crippen LogP contribution in [0.15, 0.2) is 28.8 Å². The second-order valence-corrected chi connectivity index (χ2v) is 4.94. The molecule has 112 valence electrons. The zero-order valence-corrected chi connectivity index (χ0v) is 12.1. The van der Waals surface area contributed by atoms with Gasteiger partial charge in [-0.05, 0) is 32.9 Å². The molecule has 0 atom stereocenters. The molecule has 2 rings (SSSR count). The number of carbonyl (C=O) groups is 1. The van der Waals surface area contributed by atoms with Crippen LogP contribution in [0.2, 0.25) is 0 Å². The van der Waals surface area contributed by atoms with Gasteiger partial charge in [0.25, 0.3) is 5.91 Å². The maximum absolute atomic E-state index is 13.1. The number of aromatic nitrogens is 1. The molecule has 0 aliphatic heterocycles. The zero-order valence-electron chi connectivity index (χ0n) is 12.1. The van der Waals surface area contributed by atoms with Gasteiger partial charge in [-0.1, -0.05) is 11.2 Å². The van der Waals surface area contributed by atoms with Crippen molar-refractivity contribution in [3.05, 3.63) is 47.1 Å². The molecular weight excluding hydrogens is 275 g/mol. The lowest BCUT2D eigenvalue weighted by atomic mass is 10.2. The van der Waals surface area contributed by atoms with Crippen molar-refractivity contribution in [1.29, 1.82) is 0 Å². The molecule has 1 aromatic heterocycles. The standard InChI is InChI=1S/C15H17FN2O3/c1-9(2)17-15(19)14-13(10(3)21-18-14)8-20-12-6-4-5-11(16)7-12/h4-7,9H,8H2,1-3H3,(H,17,19). The number of carbonyl (C=O) groups excluding carboxylic acids is 1. The third-order valence-electron chi connectivity index (χ3n) is 2.80. The smallest absolute Gasteiger partial charge is 0.274 e. The third kappa shape index (κ3) is 3.81. The molecule has 0 spiro atoms. The number of nitrogens with one attached hydrogen (secondary N) is 1. The average molecular weight is 292 g/mol. The van der Waals surface area contributed by atoms with Crippen LogP contribution in [-0.4, -0.2) is 17.1 Å². The van der Waals surface area contributed by atoms with E-state index in [9.17, 15) is 9.18 Å². The predicted octanol–water partition coefficient (Wildman–Crippen LogP) is 2.84. The van der Waals surface area contributed by atoms with Gasteiger partial charge in [0.05, 0.1) is 5.56 Å². The first-order valence-corrected chi connectivity index (χ1v) is 6.61. The van der Waals surface area contributed by atoms with E-state index in [1.54, 1.807) is 19.1 Å². The Morgan fingerprint density at radius 2 is 2.24 bits per heavy atom. The Morgan fingerprint density at radius 3 is 2.90 bits per heavy atom. The number of benzene rings is 1. The number of ether oxygens (including phenoxy) is 1. The van der Waals surface area contributed by atoms with Gasteiger partial charge in [-0.15, -0.1) is 0 Å². The number of aryl methyl sites for hydroxylation is 1. The molecule has 6 heteroatoms. The quantitative estimate of drug-likeness (QED) is 0.920. The monoisotopic (exact) mass is 292 g/mol. The molecule has 1 N–H and O–H groups in total. The Balaban J connectivity index is 2.13. The summed E-state index contributed by atoms with van der Waals surface area (Å²) in [5.41, 5.74) is 0.745. The average Bonchev–Trinajstić information content (AvgIpc) is 2.77. The summed E-state index contributed by atoms with van der Waals surface area (Å²) in [5, 5.41) is 6.50. The topological polar surface area (TPSA) is 64.4 Å². The zero-order chi connectivity index (χ0) is 15.4. The van der Waals surface area contributed by atoms with Crippen LogP contribution in [0.3, 0.4) is 0 Å². The van der Waals surface area contributed by atoms with Crippen molar-refractivity contribution < 1.29 is 18.4 Å². The Labute approximate surface area is 122 Å². The van der Waals surface area contributed by atoms with Crippen LogP contribution in [0.5, 0.6) is 5.75 Å². The van der Waals surface area contributed by atoms with Gasteiger partial charge in [0.2, 0.25) is 0 Å². The van der Waals surface area contributed by atoms with Crippen molar-refractivity contribution in [2.75, 3.05) is 0 Å². The van der Waals surface area contributed by atoms with Crippen LogP contribution in [0.1, 0.15) is 35.7 Å². The molecule has 1 aromatic carbocycles. The van der Waals surface area contributed by atoms with E-state index in [2.05, 4.69) is 10.5 Å². The maximum atomic E-state index is 13.1. The van der Waals surface area contributed by atoms with E-state index in [4.69, 9.17) is 9.26 Å². The minimum Gasteiger partial charge on any atom is -0.489 e. The van der Waals surface area contributed by atoms with E-state index in [1.165, 1.54) is 12.1 Å². The summed E-state index contributed by atoms with van der Waals surface area (Å²) in [6, 6.07) is 5.79. The highest BCUT2D eigenvalue weighted by Crippen LogP contribution is 2.18. The minimum absolute atomic E-state index is 0.00788. The number of hydrogen-bond acceptors (Lipinski definition) is 4. The fourth-order valence-corrected chi connectivity index (χ4v) is 1.78. The summed E-state index contributed by atoms with van der Waals surface area (Å²) < 4.78 is 23.6. The highest BCUT2D eigenvalue weighted by Gasteiger charge is 2.20. The van der Waals surface area contributed by atoms with E-state index in [0.717, 1.165) is 0 Å². The molecule has 0 radical (unpaired) electrons. The fourth-order valence-electron chi connectivity index (χ4n) is 1.78. The van der Waals surface area contributed by atoms with Crippen LogP contribution < -0.4 is 10.1 Å². The van der Waals surface area contributed by atoms with Gasteiger partial charge < -0.3 is 14.6 Å². The summed E-state index contributed by atoms with van der Waals surface area (Å²) in [6.45, 7) is 5.49. The van der Waals surface area contributed by atoms with Crippen molar-refractivity contribution in [3.63, 3.8) is 0 Å². The van der Waals surface area contributed by atoms with Gasteiger partial charge in [0, 0.05) is 12.1 Å². The number of halogens is 1. The first-order valence-electron chi connectivity index (χ1n) is 6.61. The Kier molecular flexibility index (Phi) is 4.57. The highest BCUT2D eigenvalue weighted by atomic mass is 19.1. The van der Waals surface area contributed by atoms with E-state index in [-0.39, 0.29) is 30.1 Å². The molecule has 0 saturated heterocycles. The van der Waals surface area contributed by atoms with Crippen LogP contribution in [-0.2, 0) is 6.61 Å². The van der Waals surface area contributed by atoms with Gasteiger partial charge in [-0.3, -0.25) is 4.79 Å². The summed E-state index contributed by atoms with van der Waals surface area (Å²) in [4.78, 5) is 12.0. The number of nitrogens with zero attached hydrogens (tertiary/aromatic N) is 1. The van der Waals surface area contributed by atoms with Gasteiger partial charge in [-0.25, -0.2) is 4.39 Å². The molecule has 0 saturated carbocycles. The van der Waals surface area contributed by atoms with Crippen molar-refractivity contribution in [3.8, 4) is 5.75 Å². The summed E-state index contributed by atoms with van der Waals surface area (Å²) >= 11 is 0. The van der Waals surface area contributed by atoms with Crippen molar-refractivity contribution >= 4 is 5.91 Å². The molecule has 2 aromatic rings. The molecule has 0 fully saturated rings. The number of hydrogen-bond donors (Lipinski definition) is 1. The van der Waals surface area contributed by atoms with E-state index >= 15 is 0 Å². The summed E-state index contributed by atoms with van der Waals surface area (Å²) in [6.07, 6.45) is 0. The lowest BCUT2D eigenvalue weighted by Gasteiger charge is -2.09. The molecule has 0 aliphatic carbocycles. The third-order valence-corrected chi connectivity index (χ3v) is 2.80. The van der Waals surface area contributed by atoms with Gasteiger partial charge in [0.1, 0.15) is 23.9 Å². The van der Waals surface area contributed by atoms with E-state index in [1.807, 2.05) is 13.8 Å². The van der Waals surface area contributed by atoms with Crippen LogP contribution in [0, 0.1) is 12.7 Å². The van der Waals surface area contributed by atoms with Crippen LogP contribution in [0.4, 0.5) is 4.39 Å². The van der Waals surface area contributed by atoms with Gasteiger partial charge >= 0.3 is 0 Å². The minimum atomic E-state index is -0.382. The molecule has 0 unspecified atom stereocenters. The SMILES string of the molecule is Cc1onc(C(=O)NC(C)C)c1COc1cccc(F)c1. The predicted molar refractivity (Wildman–Crippen MR) is 74.6 cm³/mol. The largest absolute Gasteiger partial charge is 0.489 e. The molecule has 0 aliphatic rings. The molecule has 5 nitrogen and oxygen atoms in total. The van der Waals surface area contributed by atoms with Crippen molar-refractivity contribution in [2.45, 2.75) is 33.4 Å². The van der Waals surface area contributed by atoms with Gasteiger partial charge in [0.15, 0.2) is 5.69 Å². The van der Waals surface area contributed by atoms with E-state index in [0.29, 0.717) is 17.1 Å². The van der Waals surface area contributed by atoms with Crippen molar-refractivity contribution in [1.82, 2.24) is 10.5 Å². The first kappa shape index (κ1) is 15.0. The Bertz CT molecular complexity index is 638. The van der Waals surface area contributed by atoms with Crippen molar-refractivity contribution in [2.24, 2.45) is 0 Å². The highest BCUT2D eigenvalue weighted by molar-refractivity contribution is 5.93. The Hall–Kier alpha value is -2.37. The van der Waals surface area contributed by atoms with Crippen LogP contribution in [0.25, 0.3) is 0 Å². The maximum Gasteiger partial charge on any atom is 0.274 e. The number of amides is 1. The second-order valence-electron chi connectivity index (χ2n) is 4.94. The molecule has 0 bridgehead atoms. The van der Waals surface area contributed by atoms with E-state index < -0.39 is 0 Å². The fraction of sp³-hybridized carbons (Fsp3) is 0.333. The first-order chi connectivity index (χ1) is 9.97. The van der Waals surface area contributed by atoms with Gasteiger partial charge in [-0.2, -0.15) is 0 Å². The van der Waals surface area contributed by atoms with Crippen LogP contribution >= 0.6 is 0 Å². The lowest BCUT2D eigenvalue weighted by molar-refractivity contribution is 0.0931. The molecule has 21 heavy (non-hydrogen) atoms. The normalized spacial score (nSPS) is 10.7. The molecular formula is C15H17FN2O3. The Morgan fingerprint density at radius 1 is 1.48 bits per heavy atom. The number of rotatable bonds is 5. The second kappa shape index (κ2) is 6.39.